The zero-order valence-electron chi connectivity index (χ0n) is 14.6. The van der Waals surface area contributed by atoms with Gasteiger partial charge in [-0.2, -0.15) is 0 Å². The number of nitrogens with zero attached hydrogens (tertiary/aromatic N) is 1. The van der Waals surface area contributed by atoms with Gasteiger partial charge in [-0.15, -0.1) is 0 Å². The molecule has 0 radical (unpaired) electrons. The van der Waals surface area contributed by atoms with E-state index in [1.165, 1.54) is 43.5 Å². The van der Waals surface area contributed by atoms with E-state index < -0.39 is 0 Å². The first-order valence-corrected chi connectivity index (χ1v) is 9.37. The third-order valence-corrected chi connectivity index (χ3v) is 6.13. The molecule has 2 aliphatic rings. The molecule has 3 unspecified atom stereocenters. The van der Waals surface area contributed by atoms with Crippen molar-refractivity contribution in [2.75, 3.05) is 18.4 Å². The van der Waals surface area contributed by atoms with Crippen LogP contribution in [0.1, 0.15) is 44.2 Å². The van der Waals surface area contributed by atoms with E-state index >= 15 is 0 Å². The highest BCUT2D eigenvalue weighted by Crippen LogP contribution is 2.47. The molecule has 1 saturated heterocycles. The topological polar surface area (TPSA) is 15.3 Å². The van der Waals surface area contributed by atoms with Crippen LogP contribution in [0, 0.1) is 5.92 Å². The van der Waals surface area contributed by atoms with Gasteiger partial charge in [-0.3, -0.25) is 4.90 Å². The molecule has 2 bridgehead atoms. The largest absolute Gasteiger partial charge is 0.383 e. The van der Waals surface area contributed by atoms with E-state index in [-0.39, 0.29) is 0 Å². The van der Waals surface area contributed by atoms with Crippen molar-refractivity contribution < 1.29 is 0 Å². The number of likely N-dealkylation sites (tertiary alicyclic amines) is 1. The van der Waals surface area contributed by atoms with Gasteiger partial charge in [-0.05, 0) is 49.8 Å². The van der Waals surface area contributed by atoms with Gasteiger partial charge in [0.2, 0.25) is 0 Å². The number of benzene rings is 2. The summed E-state index contributed by atoms with van der Waals surface area (Å²) < 4.78 is 0. The molecule has 1 aliphatic heterocycles. The highest BCUT2D eigenvalue weighted by molar-refractivity contribution is 5.43. The van der Waals surface area contributed by atoms with E-state index in [0.29, 0.717) is 11.6 Å². The average molecular weight is 320 g/mol. The summed E-state index contributed by atoms with van der Waals surface area (Å²) in [6.45, 7) is 4.71. The Balaban J connectivity index is 1.56. The summed E-state index contributed by atoms with van der Waals surface area (Å²) in [4.78, 5) is 2.80. The van der Waals surface area contributed by atoms with Crippen LogP contribution in [0.3, 0.4) is 0 Å². The third-order valence-electron chi connectivity index (χ3n) is 6.13. The molecule has 0 aromatic heterocycles. The smallest absolute Gasteiger partial charge is 0.0391 e. The van der Waals surface area contributed by atoms with E-state index in [1.807, 2.05) is 0 Å². The van der Waals surface area contributed by atoms with Crippen molar-refractivity contribution in [3.8, 4) is 0 Å². The summed E-state index contributed by atoms with van der Waals surface area (Å²) in [5.74, 6) is 0.877. The fourth-order valence-electron chi connectivity index (χ4n) is 4.91. The van der Waals surface area contributed by atoms with Gasteiger partial charge in [0.15, 0.2) is 0 Å². The van der Waals surface area contributed by atoms with Gasteiger partial charge in [0, 0.05) is 30.4 Å². The number of nitrogens with one attached hydrogen (secondary N) is 1. The lowest BCUT2D eigenvalue weighted by Gasteiger charge is -2.43. The number of anilines is 1. The Kier molecular flexibility index (Phi) is 4.32. The molecule has 2 aromatic rings. The third kappa shape index (κ3) is 2.95. The lowest BCUT2D eigenvalue weighted by atomic mass is 9.79. The second-order valence-electron chi connectivity index (χ2n) is 7.65. The Hall–Kier alpha value is -1.80. The second kappa shape index (κ2) is 6.60. The first kappa shape index (κ1) is 15.7. The molecule has 1 heterocycles. The first-order chi connectivity index (χ1) is 11.8. The SMILES string of the molecule is CC(c1ccccc1)N1CC2CCCC1(CNc1ccccc1)C2. The van der Waals surface area contributed by atoms with Gasteiger partial charge < -0.3 is 5.32 Å². The summed E-state index contributed by atoms with van der Waals surface area (Å²) in [7, 11) is 0. The van der Waals surface area contributed by atoms with Gasteiger partial charge in [-0.25, -0.2) is 0 Å². The fourth-order valence-corrected chi connectivity index (χ4v) is 4.91. The summed E-state index contributed by atoms with van der Waals surface area (Å²) in [6.07, 6.45) is 5.45. The van der Waals surface area contributed by atoms with Crippen molar-refractivity contribution in [1.82, 2.24) is 4.90 Å². The number of hydrogen-bond donors (Lipinski definition) is 1. The van der Waals surface area contributed by atoms with E-state index in [2.05, 4.69) is 77.8 Å². The monoisotopic (exact) mass is 320 g/mol. The lowest BCUT2D eigenvalue weighted by molar-refractivity contribution is 0.0941. The van der Waals surface area contributed by atoms with Crippen molar-refractivity contribution in [1.29, 1.82) is 0 Å². The molecule has 1 aliphatic carbocycles. The standard InChI is InChI=1S/C22H28N2/c1-18(20-10-4-2-5-11-20)24-16-19-9-8-14-22(24,15-19)17-23-21-12-6-3-7-13-21/h2-7,10-13,18-19,23H,8-9,14-17H2,1H3. The summed E-state index contributed by atoms with van der Waals surface area (Å²) >= 11 is 0. The minimum absolute atomic E-state index is 0.314. The molecular weight excluding hydrogens is 292 g/mol. The van der Waals surface area contributed by atoms with Crippen LogP contribution in [0.2, 0.25) is 0 Å². The van der Waals surface area contributed by atoms with Crippen molar-refractivity contribution in [2.24, 2.45) is 5.92 Å². The van der Waals surface area contributed by atoms with Gasteiger partial charge in [0.25, 0.3) is 0 Å². The zero-order chi connectivity index (χ0) is 16.4. The van der Waals surface area contributed by atoms with Crippen molar-refractivity contribution in [3.05, 3.63) is 66.2 Å². The molecule has 0 spiro atoms. The maximum Gasteiger partial charge on any atom is 0.0391 e. The van der Waals surface area contributed by atoms with Crippen molar-refractivity contribution in [3.63, 3.8) is 0 Å². The molecule has 3 atom stereocenters. The second-order valence-corrected chi connectivity index (χ2v) is 7.65. The summed E-state index contributed by atoms with van der Waals surface area (Å²) in [5, 5.41) is 3.73. The number of para-hydroxylation sites is 1. The molecule has 0 amide bonds. The zero-order valence-corrected chi connectivity index (χ0v) is 14.6. The lowest BCUT2D eigenvalue weighted by Crippen LogP contribution is -2.50. The molecule has 24 heavy (non-hydrogen) atoms. The average Bonchev–Trinajstić information content (AvgIpc) is 2.91. The molecule has 2 heteroatoms. The highest BCUT2D eigenvalue weighted by Gasteiger charge is 2.49. The van der Waals surface area contributed by atoms with Gasteiger partial charge in [0.05, 0.1) is 0 Å². The molecule has 1 saturated carbocycles. The van der Waals surface area contributed by atoms with Crippen LogP contribution in [0.25, 0.3) is 0 Å². The van der Waals surface area contributed by atoms with E-state index in [1.54, 1.807) is 0 Å². The van der Waals surface area contributed by atoms with E-state index in [0.717, 1.165) is 12.5 Å². The van der Waals surface area contributed by atoms with Crippen molar-refractivity contribution >= 4 is 5.69 Å². The Bertz CT molecular complexity index is 654. The van der Waals surface area contributed by atoms with Crippen LogP contribution < -0.4 is 5.32 Å². The van der Waals surface area contributed by atoms with Crippen LogP contribution >= 0.6 is 0 Å². The Morgan fingerprint density at radius 2 is 1.79 bits per heavy atom. The number of hydrogen-bond acceptors (Lipinski definition) is 2. The van der Waals surface area contributed by atoms with Crippen LogP contribution in [-0.4, -0.2) is 23.5 Å². The molecule has 2 fully saturated rings. The predicted molar refractivity (Wildman–Crippen MR) is 101 cm³/mol. The Labute approximate surface area is 145 Å². The van der Waals surface area contributed by atoms with E-state index in [4.69, 9.17) is 0 Å². The summed E-state index contributed by atoms with van der Waals surface area (Å²) in [5.41, 5.74) is 3.01. The molecule has 2 nitrogen and oxygen atoms in total. The number of fused-ring (bicyclic) bond motifs is 2. The Morgan fingerprint density at radius 1 is 1.08 bits per heavy atom. The van der Waals surface area contributed by atoms with Gasteiger partial charge in [-0.1, -0.05) is 55.0 Å². The predicted octanol–water partition coefficient (Wildman–Crippen LogP) is 5.10. The fraction of sp³-hybridized carbons (Fsp3) is 0.455. The normalized spacial score (nSPS) is 27.8. The Morgan fingerprint density at radius 3 is 2.54 bits per heavy atom. The van der Waals surface area contributed by atoms with Gasteiger partial charge in [0.1, 0.15) is 0 Å². The highest BCUT2D eigenvalue weighted by atomic mass is 15.3. The van der Waals surface area contributed by atoms with Gasteiger partial charge >= 0.3 is 0 Å². The minimum Gasteiger partial charge on any atom is -0.383 e. The molecule has 126 valence electrons. The number of rotatable bonds is 5. The van der Waals surface area contributed by atoms with Crippen LogP contribution in [0.15, 0.2) is 60.7 Å². The quantitative estimate of drug-likeness (QED) is 0.824. The molecule has 2 aromatic carbocycles. The molecular formula is C22H28N2. The van der Waals surface area contributed by atoms with Crippen LogP contribution in [0.4, 0.5) is 5.69 Å². The maximum atomic E-state index is 3.73. The summed E-state index contributed by atoms with van der Waals surface area (Å²) in [6, 6.07) is 22.2. The first-order valence-electron chi connectivity index (χ1n) is 9.37. The molecule has 4 rings (SSSR count). The van der Waals surface area contributed by atoms with Crippen molar-refractivity contribution in [2.45, 2.75) is 44.2 Å². The maximum absolute atomic E-state index is 3.73. The van der Waals surface area contributed by atoms with E-state index in [9.17, 15) is 0 Å². The molecule has 1 N–H and O–H groups in total. The minimum atomic E-state index is 0.314. The van der Waals surface area contributed by atoms with Crippen LogP contribution in [-0.2, 0) is 0 Å². The van der Waals surface area contributed by atoms with Crippen LogP contribution in [0.5, 0.6) is 0 Å².